The largest absolute Gasteiger partial charge is 1.00 e. The molecule has 1 aromatic rings. The fourth-order valence-corrected chi connectivity index (χ4v) is 1.93. The smallest absolute Gasteiger partial charge is 0.768 e. The van der Waals surface area contributed by atoms with Crippen LogP contribution >= 0.6 is 0 Å². The van der Waals surface area contributed by atoms with Gasteiger partial charge in [0, 0.05) is 5.56 Å². The van der Waals surface area contributed by atoms with Gasteiger partial charge < -0.3 is 4.55 Å². The first-order valence-corrected chi connectivity index (χ1v) is 4.86. The van der Waals surface area contributed by atoms with Gasteiger partial charge in [-0.1, -0.05) is 12.1 Å². The number of nitro groups is 1. The van der Waals surface area contributed by atoms with Gasteiger partial charge in [0.2, 0.25) is 0 Å². The van der Waals surface area contributed by atoms with Crippen molar-refractivity contribution in [3.05, 3.63) is 33.4 Å². The number of benzene rings is 1. The summed E-state index contributed by atoms with van der Waals surface area (Å²) in [7, 11) is 0. The van der Waals surface area contributed by atoms with Crippen molar-refractivity contribution in [2.75, 3.05) is 0 Å². The van der Waals surface area contributed by atoms with Crippen LogP contribution in [0.25, 0.3) is 0 Å². The molecule has 0 aliphatic rings. The van der Waals surface area contributed by atoms with Gasteiger partial charge in [0.1, 0.15) is 4.90 Å². The van der Waals surface area contributed by atoms with Crippen LogP contribution in [0.15, 0.2) is 17.0 Å². The number of nitro benzene ring substituents is 1. The molecule has 0 radical (unpaired) electrons. The summed E-state index contributed by atoms with van der Waals surface area (Å²) in [6.45, 7) is 3.03. The van der Waals surface area contributed by atoms with Crippen molar-refractivity contribution < 1.29 is 43.2 Å². The van der Waals surface area contributed by atoms with Crippen molar-refractivity contribution in [2.45, 2.75) is 18.7 Å². The minimum atomic E-state index is -2.57. The summed E-state index contributed by atoms with van der Waals surface area (Å²) in [5, 5.41) is 10.6. The second-order valence-electron chi connectivity index (χ2n) is 2.87. The first-order valence-electron chi connectivity index (χ1n) is 3.79. The summed E-state index contributed by atoms with van der Waals surface area (Å²) in [5.41, 5.74) is 0.397. The number of nitrogens with zero attached hydrogens (tertiary/aromatic N) is 1. The maximum atomic E-state index is 10.8. The molecule has 0 saturated heterocycles. The Morgan fingerprint density at radius 1 is 1.27 bits per heavy atom. The molecule has 0 fully saturated rings. The van der Waals surface area contributed by atoms with Crippen LogP contribution in [0.3, 0.4) is 0 Å². The minimum Gasteiger partial charge on any atom is -0.768 e. The molecule has 7 heteroatoms. The van der Waals surface area contributed by atoms with Crippen LogP contribution in [0.5, 0.6) is 0 Å². The van der Waals surface area contributed by atoms with Crippen LogP contribution in [-0.4, -0.2) is 13.7 Å². The van der Waals surface area contributed by atoms with Crippen LogP contribution in [-0.2, 0) is 11.1 Å². The summed E-state index contributed by atoms with van der Waals surface area (Å²) in [5.74, 6) is 0. The summed E-state index contributed by atoms with van der Waals surface area (Å²) in [6, 6.07) is 3.08. The van der Waals surface area contributed by atoms with Gasteiger partial charge >= 0.3 is 29.6 Å². The Labute approximate surface area is 112 Å². The molecule has 0 bridgehead atoms. The van der Waals surface area contributed by atoms with Gasteiger partial charge in [0.05, 0.1) is 4.92 Å². The molecule has 0 spiro atoms. The standard InChI is InChI=1S/C8H9NO4S.Na/c1-5-3-4-6(2)8(14(12)13)7(5)9(10)11;/h3-4H,1-2H3,(H,12,13);/q;+1/p-1. The Bertz CT molecular complexity index is 382. The molecule has 1 atom stereocenters. The van der Waals surface area contributed by atoms with E-state index in [2.05, 4.69) is 0 Å². The third-order valence-electron chi connectivity index (χ3n) is 1.88. The minimum absolute atomic E-state index is 0. The van der Waals surface area contributed by atoms with Gasteiger partial charge in [0.25, 0.3) is 5.69 Å². The van der Waals surface area contributed by atoms with Gasteiger partial charge in [-0.15, -0.1) is 0 Å². The average Bonchev–Trinajstić information content (AvgIpc) is 2.07. The fraction of sp³-hybridized carbons (Fsp3) is 0.250. The molecule has 76 valence electrons. The van der Waals surface area contributed by atoms with E-state index in [-0.39, 0.29) is 40.1 Å². The average molecular weight is 237 g/mol. The molecule has 0 saturated carbocycles. The van der Waals surface area contributed by atoms with Gasteiger partial charge in [-0.3, -0.25) is 14.3 Å². The van der Waals surface area contributed by atoms with Gasteiger partial charge in [0.15, 0.2) is 0 Å². The molecule has 0 heterocycles. The third kappa shape index (κ3) is 3.09. The number of aryl methyl sites for hydroxylation is 2. The molecule has 1 rings (SSSR count). The van der Waals surface area contributed by atoms with E-state index in [9.17, 15) is 18.9 Å². The summed E-state index contributed by atoms with van der Waals surface area (Å²) >= 11 is -2.57. The normalized spacial score (nSPS) is 11.7. The second kappa shape index (κ2) is 5.72. The van der Waals surface area contributed by atoms with Crippen molar-refractivity contribution in [1.29, 1.82) is 0 Å². The number of hydrogen-bond acceptors (Lipinski definition) is 4. The predicted molar refractivity (Wildman–Crippen MR) is 49.8 cm³/mol. The van der Waals surface area contributed by atoms with E-state index in [1.54, 1.807) is 6.07 Å². The Kier molecular flexibility index (Phi) is 5.61. The monoisotopic (exact) mass is 237 g/mol. The Hall–Kier alpha value is -0.270. The predicted octanol–water partition coefficient (Wildman–Crippen LogP) is -1.55. The summed E-state index contributed by atoms with van der Waals surface area (Å²) in [6.07, 6.45) is 0. The van der Waals surface area contributed by atoms with Gasteiger partial charge in [-0.2, -0.15) is 0 Å². The zero-order valence-corrected chi connectivity index (χ0v) is 11.5. The Morgan fingerprint density at radius 3 is 2.07 bits per heavy atom. The number of hydrogen-bond donors (Lipinski definition) is 0. The van der Waals surface area contributed by atoms with Gasteiger partial charge in [-0.25, -0.2) is 0 Å². The van der Waals surface area contributed by atoms with E-state index in [1.807, 2.05) is 0 Å². The van der Waals surface area contributed by atoms with Crippen molar-refractivity contribution in [2.24, 2.45) is 0 Å². The first-order chi connectivity index (χ1) is 6.45. The molecular formula is C8H8NNaO4S. The molecule has 15 heavy (non-hydrogen) atoms. The van der Waals surface area contributed by atoms with Gasteiger partial charge in [-0.05, 0) is 30.5 Å². The Balaban J connectivity index is 0.00000196. The van der Waals surface area contributed by atoms with E-state index in [1.165, 1.54) is 19.9 Å². The van der Waals surface area contributed by atoms with E-state index in [0.717, 1.165) is 0 Å². The van der Waals surface area contributed by atoms with Crippen LogP contribution in [0.4, 0.5) is 5.69 Å². The zero-order chi connectivity index (χ0) is 10.9. The third-order valence-corrected chi connectivity index (χ3v) is 2.73. The maximum Gasteiger partial charge on any atom is 1.00 e. The molecule has 0 aromatic heterocycles. The van der Waals surface area contributed by atoms with E-state index < -0.39 is 16.0 Å². The van der Waals surface area contributed by atoms with Crippen LogP contribution < -0.4 is 29.6 Å². The quantitative estimate of drug-likeness (QED) is 0.270. The topological polar surface area (TPSA) is 83.3 Å². The zero-order valence-electron chi connectivity index (χ0n) is 8.64. The molecular weight excluding hydrogens is 229 g/mol. The maximum absolute atomic E-state index is 10.8. The number of rotatable bonds is 2. The summed E-state index contributed by atoms with van der Waals surface area (Å²) < 4.78 is 21.6. The van der Waals surface area contributed by atoms with E-state index >= 15 is 0 Å². The van der Waals surface area contributed by atoms with E-state index in [4.69, 9.17) is 0 Å². The molecule has 0 aliphatic carbocycles. The molecule has 0 aliphatic heterocycles. The fourth-order valence-electron chi connectivity index (χ4n) is 1.21. The molecule has 5 nitrogen and oxygen atoms in total. The first kappa shape index (κ1) is 14.7. The molecule has 0 N–H and O–H groups in total. The SMILES string of the molecule is Cc1ccc(C)c(S(=O)[O-])c1[N+](=O)[O-].[Na+]. The molecule has 0 amide bonds. The molecule has 1 unspecified atom stereocenters. The second-order valence-corrected chi connectivity index (χ2v) is 3.75. The van der Waals surface area contributed by atoms with Crippen molar-refractivity contribution >= 4 is 16.8 Å². The van der Waals surface area contributed by atoms with Crippen molar-refractivity contribution in [1.82, 2.24) is 0 Å². The Morgan fingerprint density at radius 2 is 1.73 bits per heavy atom. The van der Waals surface area contributed by atoms with Crippen LogP contribution in [0.1, 0.15) is 11.1 Å². The van der Waals surface area contributed by atoms with Crippen LogP contribution in [0.2, 0.25) is 0 Å². The van der Waals surface area contributed by atoms with E-state index in [0.29, 0.717) is 11.1 Å². The van der Waals surface area contributed by atoms with Crippen molar-refractivity contribution in [3.8, 4) is 0 Å². The van der Waals surface area contributed by atoms with Crippen molar-refractivity contribution in [3.63, 3.8) is 0 Å². The molecule has 1 aromatic carbocycles. The van der Waals surface area contributed by atoms with Crippen LogP contribution in [0, 0.1) is 24.0 Å². The summed E-state index contributed by atoms with van der Waals surface area (Å²) in [4.78, 5) is 9.73.